The molecule has 2 atom stereocenters. The van der Waals surface area contributed by atoms with Crippen molar-refractivity contribution in [1.82, 2.24) is 0 Å². The molecule has 2 nitrogen and oxygen atoms in total. The monoisotopic (exact) mass is 794 g/mol. The van der Waals surface area contributed by atoms with Crippen LogP contribution in [0, 0.1) is 6.92 Å². The minimum absolute atomic E-state index is 0.0779. The Morgan fingerprint density at radius 2 is 1.08 bits per heavy atom. The lowest BCUT2D eigenvalue weighted by Gasteiger charge is -2.47. The molecule has 10 rings (SSSR count). The van der Waals surface area contributed by atoms with Gasteiger partial charge in [-0.1, -0.05) is 119 Å². The molecule has 2 aliphatic carbocycles. The Labute approximate surface area is 359 Å². The Morgan fingerprint density at radius 1 is 0.593 bits per heavy atom. The second-order valence-electron chi connectivity index (χ2n) is 22.3. The van der Waals surface area contributed by atoms with Crippen LogP contribution < -0.4 is 26.2 Å². The molecule has 6 aromatic rings. The van der Waals surface area contributed by atoms with Crippen molar-refractivity contribution in [3.05, 3.63) is 124 Å². The van der Waals surface area contributed by atoms with E-state index in [1.807, 2.05) is 11.3 Å². The molecule has 0 spiro atoms. The first-order valence-electron chi connectivity index (χ1n) is 22.5. The van der Waals surface area contributed by atoms with Gasteiger partial charge in [0.2, 0.25) is 0 Å². The van der Waals surface area contributed by atoms with Crippen molar-refractivity contribution in [2.75, 3.05) is 9.80 Å². The van der Waals surface area contributed by atoms with Gasteiger partial charge in [-0.05, 0) is 175 Å². The highest BCUT2D eigenvalue weighted by atomic mass is 32.1. The summed E-state index contributed by atoms with van der Waals surface area (Å²) >= 11 is 2.02. The number of thiophene rings is 1. The van der Waals surface area contributed by atoms with Crippen LogP contribution in [0.5, 0.6) is 0 Å². The lowest BCUT2D eigenvalue weighted by atomic mass is 9.33. The fourth-order valence-electron chi connectivity index (χ4n) is 11.2. The Balaban J connectivity index is 1.33. The fraction of sp³-hybridized carbons (Fsp3) is 0.418. The number of hydrogen-bond acceptors (Lipinski definition) is 3. The predicted octanol–water partition coefficient (Wildman–Crippen LogP) is 14.2. The first-order chi connectivity index (χ1) is 27.7. The molecule has 0 bridgehead atoms. The highest BCUT2D eigenvalue weighted by molar-refractivity contribution is 7.26. The Morgan fingerprint density at radius 3 is 1.63 bits per heavy atom. The molecule has 0 saturated heterocycles. The van der Waals surface area contributed by atoms with Crippen LogP contribution >= 0.6 is 11.3 Å². The molecule has 0 N–H and O–H groups in total. The van der Waals surface area contributed by atoms with E-state index in [1.165, 1.54) is 113 Å². The molecule has 1 aromatic heterocycles. The number of rotatable bonds is 2. The van der Waals surface area contributed by atoms with Crippen LogP contribution in [0.3, 0.4) is 0 Å². The minimum atomic E-state index is 0.0779. The van der Waals surface area contributed by atoms with Gasteiger partial charge in [0.25, 0.3) is 6.71 Å². The van der Waals surface area contributed by atoms with Gasteiger partial charge in [-0.3, -0.25) is 0 Å². The Hall–Kier alpha value is -4.28. The zero-order valence-corrected chi connectivity index (χ0v) is 38.8. The normalized spacial score (nSPS) is 20.2. The summed E-state index contributed by atoms with van der Waals surface area (Å²) in [4.78, 5) is 5.30. The zero-order chi connectivity index (χ0) is 41.7. The number of fused-ring (bicyclic) bond motifs is 8. The van der Waals surface area contributed by atoms with E-state index in [-0.39, 0.29) is 28.4 Å². The summed E-state index contributed by atoms with van der Waals surface area (Å²) in [6, 6.07) is 34.6. The van der Waals surface area contributed by atoms with Crippen molar-refractivity contribution in [3.63, 3.8) is 0 Å². The van der Waals surface area contributed by atoms with Crippen molar-refractivity contribution < 1.29 is 0 Å². The standard InChI is InChI=1S/C55H63BN2S/c1-32-26-46-50-47(27-32)58(38-22-18-36(19-23-38)53(7,8)9)51-49(41-28-39-33(2)14-15-34(3)40(39)29-48(41)59-51)56(50)44-30-42-43(55(12,13)25-24-54(42,10)11)31-45(44)57(46)37-20-16-35(17-21-37)52(4,5)6/h16-23,26-31,33-34H,14-15,24-25H2,1-13H3. The Bertz CT molecular complexity index is 2680. The van der Waals surface area contributed by atoms with Gasteiger partial charge in [0, 0.05) is 33.1 Å². The third-order valence-electron chi connectivity index (χ3n) is 15.1. The van der Waals surface area contributed by atoms with Crippen molar-refractivity contribution >= 4 is 78.0 Å². The molecule has 302 valence electrons. The summed E-state index contributed by atoms with van der Waals surface area (Å²) in [5.74, 6) is 1.15. The zero-order valence-electron chi connectivity index (χ0n) is 37.9. The van der Waals surface area contributed by atoms with E-state index in [2.05, 4.69) is 185 Å². The maximum atomic E-state index is 2.70. The topological polar surface area (TPSA) is 6.48 Å². The molecule has 3 heterocycles. The summed E-state index contributed by atoms with van der Waals surface area (Å²) in [5.41, 5.74) is 21.4. The molecule has 4 aliphatic rings. The van der Waals surface area contributed by atoms with Gasteiger partial charge in [0.05, 0.1) is 5.00 Å². The SMILES string of the molecule is Cc1cc2c3c(c1)N(c1ccc(C(C)(C)C)cc1)c1sc4cc5c(cc4c1B3c1cc3c(cc1N2c1ccc(C(C)(C)C)cc1)C(C)(C)CCC3(C)C)C(C)CCC5C. The van der Waals surface area contributed by atoms with E-state index < -0.39 is 0 Å². The number of anilines is 6. The average molecular weight is 795 g/mol. The summed E-state index contributed by atoms with van der Waals surface area (Å²) in [5, 5.41) is 2.83. The summed E-state index contributed by atoms with van der Waals surface area (Å²) in [6.45, 7) is 31.2. The van der Waals surface area contributed by atoms with Crippen LogP contribution in [0.2, 0.25) is 0 Å². The van der Waals surface area contributed by atoms with E-state index in [0.29, 0.717) is 11.8 Å². The fourth-order valence-corrected chi connectivity index (χ4v) is 12.5. The Kier molecular flexibility index (Phi) is 8.48. The van der Waals surface area contributed by atoms with Crippen LogP contribution in [0.1, 0.15) is 160 Å². The largest absolute Gasteiger partial charge is 0.311 e. The van der Waals surface area contributed by atoms with Crippen LogP contribution in [0.4, 0.5) is 33.4 Å². The van der Waals surface area contributed by atoms with Gasteiger partial charge in [-0.15, -0.1) is 11.3 Å². The summed E-state index contributed by atoms with van der Waals surface area (Å²) < 4.78 is 1.43. The van der Waals surface area contributed by atoms with E-state index in [0.717, 1.165) is 0 Å². The predicted molar refractivity (Wildman–Crippen MR) is 259 cm³/mol. The lowest BCUT2D eigenvalue weighted by Crippen LogP contribution is -2.61. The van der Waals surface area contributed by atoms with Crippen LogP contribution in [-0.4, -0.2) is 6.71 Å². The minimum Gasteiger partial charge on any atom is -0.311 e. The van der Waals surface area contributed by atoms with Crippen molar-refractivity contribution in [1.29, 1.82) is 0 Å². The third-order valence-corrected chi connectivity index (χ3v) is 16.2. The van der Waals surface area contributed by atoms with E-state index in [9.17, 15) is 0 Å². The van der Waals surface area contributed by atoms with Crippen molar-refractivity contribution in [3.8, 4) is 0 Å². The quantitative estimate of drug-likeness (QED) is 0.161. The third kappa shape index (κ3) is 5.93. The van der Waals surface area contributed by atoms with Crippen molar-refractivity contribution in [2.24, 2.45) is 0 Å². The van der Waals surface area contributed by atoms with Crippen LogP contribution in [-0.2, 0) is 21.7 Å². The molecule has 4 heteroatoms. The molecular formula is C55H63BN2S. The van der Waals surface area contributed by atoms with Crippen molar-refractivity contribution in [2.45, 2.75) is 149 Å². The number of hydrogen-bond donors (Lipinski definition) is 0. The molecule has 0 radical (unpaired) electrons. The molecule has 0 fully saturated rings. The van der Waals surface area contributed by atoms with Gasteiger partial charge in [-0.25, -0.2) is 0 Å². The molecule has 5 aromatic carbocycles. The van der Waals surface area contributed by atoms with Gasteiger partial charge in [-0.2, -0.15) is 0 Å². The highest BCUT2D eigenvalue weighted by Crippen LogP contribution is 2.53. The van der Waals surface area contributed by atoms with E-state index in [1.54, 1.807) is 11.1 Å². The maximum Gasteiger partial charge on any atom is 0.254 e. The molecular weight excluding hydrogens is 731 g/mol. The number of nitrogens with zero attached hydrogens (tertiary/aromatic N) is 2. The second-order valence-corrected chi connectivity index (χ2v) is 23.3. The van der Waals surface area contributed by atoms with Gasteiger partial charge in [0.15, 0.2) is 0 Å². The molecule has 0 amide bonds. The van der Waals surface area contributed by atoms with Gasteiger partial charge in [0.1, 0.15) is 0 Å². The second kappa shape index (κ2) is 12.9. The summed E-state index contributed by atoms with van der Waals surface area (Å²) in [7, 11) is 0. The smallest absolute Gasteiger partial charge is 0.254 e. The molecule has 2 aliphatic heterocycles. The lowest BCUT2D eigenvalue weighted by molar-refractivity contribution is 0.332. The number of aryl methyl sites for hydroxylation is 1. The molecule has 59 heavy (non-hydrogen) atoms. The first-order valence-corrected chi connectivity index (χ1v) is 23.3. The van der Waals surface area contributed by atoms with E-state index >= 15 is 0 Å². The van der Waals surface area contributed by atoms with Gasteiger partial charge >= 0.3 is 0 Å². The average Bonchev–Trinajstić information content (AvgIpc) is 3.54. The van der Waals surface area contributed by atoms with E-state index in [4.69, 9.17) is 0 Å². The molecule has 2 unspecified atom stereocenters. The van der Waals surface area contributed by atoms with Crippen LogP contribution in [0.25, 0.3) is 10.1 Å². The van der Waals surface area contributed by atoms with Crippen LogP contribution in [0.15, 0.2) is 84.9 Å². The first kappa shape index (κ1) is 38.9. The molecule has 0 saturated carbocycles. The van der Waals surface area contributed by atoms with Gasteiger partial charge < -0.3 is 9.80 Å². The summed E-state index contributed by atoms with van der Waals surface area (Å²) in [6.07, 6.45) is 4.92. The number of benzene rings is 5. The maximum absolute atomic E-state index is 2.70. The highest BCUT2D eigenvalue weighted by Gasteiger charge is 2.48.